The molecule has 0 saturated carbocycles. The van der Waals surface area contributed by atoms with E-state index in [1.807, 2.05) is 0 Å². The van der Waals surface area contributed by atoms with Crippen LogP contribution >= 0.6 is 0 Å². The number of amides is 1. The molecule has 0 spiro atoms. The van der Waals surface area contributed by atoms with Gasteiger partial charge in [-0.05, 0) is 76.7 Å². The molecule has 6 heteroatoms. The van der Waals surface area contributed by atoms with Crippen LogP contribution in [-0.2, 0) is 19.1 Å². The average molecular weight is 632 g/mol. The zero-order valence-corrected chi connectivity index (χ0v) is 29.2. The van der Waals surface area contributed by atoms with Crippen molar-refractivity contribution >= 4 is 17.8 Å². The van der Waals surface area contributed by atoms with Crippen LogP contribution in [0.5, 0.6) is 0 Å². The van der Waals surface area contributed by atoms with Gasteiger partial charge in [-0.3, -0.25) is 14.4 Å². The van der Waals surface area contributed by atoms with Gasteiger partial charge in [0.1, 0.15) is 12.6 Å². The summed E-state index contributed by atoms with van der Waals surface area (Å²) in [5, 5.41) is 11.0. The number of allylic oxidation sites excluding steroid dienone is 5. The SMILES string of the molecule is CCCCC/C=C\C/C=C\C(CCCCCCCCC(=O)NCC(=O)O)OC(=O)CCCCCCC/C=C\CCCCCCC. The Bertz CT molecular complexity index is 788. The number of hydrogen-bond acceptors (Lipinski definition) is 4. The predicted molar refractivity (Wildman–Crippen MR) is 189 cm³/mol. The summed E-state index contributed by atoms with van der Waals surface area (Å²) in [4.78, 5) is 34.7. The number of aliphatic carboxylic acids is 1. The van der Waals surface area contributed by atoms with Crippen LogP contribution in [0.3, 0.4) is 0 Å². The highest BCUT2D eigenvalue weighted by atomic mass is 16.5. The van der Waals surface area contributed by atoms with Crippen molar-refractivity contribution in [2.75, 3.05) is 6.54 Å². The average Bonchev–Trinajstić information content (AvgIpc) is 3.02. The second-order valence-electron chi connectivity index (χ2n) is 12.5. The van der Waals surface area contributed by atoms with E-state index in [1.165, 1.54) is 83.5 Å². The molecular weight excluding hydrogens is 562 g/mol. The Morgan fingerprint density at radius 3 is 1.71 bits per heavy atom. The first-order chi connectivity index (χ1) is 22.0. The Labute approximate surface area is 276 Å². The molecule has 1 amide bonds. The summed E-state index contributed by atoms with van der Waals surface area (Å²) in [5.41, 5.74) is 0. The molecule has 1 atom stereocenters. The molecular formula is C39H69NO5. The molecule has 0 saturated heterocycles. The van der Waals surface area contributed by atoms with Gasteiger partial charge in [-0.2, -0.15) is 0 Å². The molecule has 0 aromatic rings. The lowest BCUT2D eigenvalue weighted by atomic mass is 10.1. The third kappa shape index (κ3) is 34.3. The molecule has 0 fully saturated rings. The zero-order chi connectivity index (χ0) is 33.1. The molecule has 0 bridgehead atoms. The van der Waals surface area contributed by atoms with Crippen molar-refractivity contribution in [1.82, 2.24) is 5.32 Å². The fourth-order valence-corrected chi connectivity index (χ4v) is 5.22. The Balaban J connectivity index is 4.20. The van der Waals surface area contributed by atoms with Crippen LogP contribution in [-0.4, -0.2) is 35.6 Å². The fraction of sp³-hybridized carbons (Fsp3) is 0.769. The van der Waals surface area contributed by atoms with Gasteiger partial charge in [0.05, 0.1) is 0 Å². The number of carboxylic acid groups (broad SMARTS) is 1. The van der Waals surface area contributed by atoms with Crippen LogP contribution in [0.2, 0.25) is 0 Å². The molecule has 0 aromatic heterocycles. The number of hydrogen-bond donors (Lipinski definition) is 2. The largest absolute Gasteiger partial charge is 0.480 e. The summed E-state index contributed by atoms with van der Waals surface area (Å²) in [7, 11) is 0. The summed E-state index contributed by atoms with van der Waals surface area (Å²) in [6.07, 6.45) is 41.3. The maximum atomic E-state index is 12.6. The molecule has 6 nitrogen and oxygen atoms in total. The number of esters is 1. The van der Waals surface area contributed by atoms with E-state index in [9.17, 15) is 14.4 Å². The maximum Gasteiger partial charge on any atom is 0.322 e. The van der Waals surface area contributed by atoms with Crippen molar-refractivity contribution in [1.29, 1.82) is 0 Å². The topological polar surface area (TPSA) is 92.7 Å². The maximum absolute atomic E-state index is 12.6. The van der Waals surface area contributed by atoms with E-state index in [2.05, 4.69) is 55.6 Å². The third-order valence-electron chi connectivity index (χ3n) is 8.02. The van der Waals surface area contributed by atoms with Gasteiger partial charge in [0.25, 0.3) is 0 Å². The van der Waals surface area contributed by atoms with Crippen molar-refractivity contribution < 1.29 is 24.2 Å². The molecule has 0 aliphatic rings. The van der Waals surface area contributed by atoms with E-state index in [0.717, 1.165) is 70.6 Å². The first-order valence-corrected chi connectivity index (χ1v) is 18.6. The number of rotatable bonds is 33. The molecule has 1 unspecified atom stereocenters. The van der Waals surface area contributed by atoms with Gasteiger partial charge in [0, 0.05) is 12.8 Å². The Morgan fingerprint density at radius 2 is 1.09 bits per heavy atom. The molecule has 260 valence electrons. The number of carbonyl (C=O) groups is 3. The van der Waals surface area contributed by atoms with E-state index in [0.29, 0.717) is 12.8 Å². The highest BCUT2D eigenvalue weighted by Crippen LogP contribution is 2.15. The van der Waals surface area contributed by atoms with Gasteiger partial charge in [-0.15, -0.1) is 0 Å². The quantitative estimate of drug-likeness (QED) is 0.0427. The summed E-state index contributed by atoms with van der Waals surface area (Å²) in [5.74, 6) is -1.30. The van der Waals surface area contributed by atoms with Gasteiger partial charge in [0.15, 0.2) is 0 Å². The highest BCUT2D eigenvalue weighted by Gasteiger charge is 2.11. The Hall–Kier alpha value is -2.37. The van der Waals surface area contributed by atoms with Crippen LogP contribution in [0.25, 0.3) is 0 Å². The fourth-order valence-electron chi connectivity index (χ4n) is 5.22. The van der Waals surface area contributed by atoms with Crippen molar-refractivity contribution in [2.45, 2.75) is 187 Å². The number of nitrogens with one attached hydrogen (secondary N) is 1. The number of carbonyl (C=O) groups excluding carboxylic acids is 2. The lowest BCUT2D eigenvalue weighted by Crippen LogP contribution is -2.28. The Kier molecular flexibility index (Phi) is 32.7. The lowest BCUT2D eigenvalue weighted by Gasteiger charge is -2.14. The van der Waals surface area contributed by atoms with E-state index in [-0.39, 0.29) is 24.5 Å². The molecule has 45 heavy (non-hydrogen) atoms. The summed E-state index contributed by atoms with van der Waals surface area (Å²) >= 11 is 0. The molecule has 2 N–H and O–H groups in total. The second-order valence-corrected chi connectivity index (χ2v) is 12.5. The van der Waals surface area contributed by atoms with Gasteiger partial charge in [-0.25, -0.2) is 0 Å². The van der Waals surface area contributed by atoms with E-state index in [1.54, 1.807) is 0 Å². The Morgan fingerprint density at radius 1 is 0.600 bits per heavy atom. The minimum atomic E-state index is -1.02. The van der Waals surface area contributed by atoms with Gasteiger partial charge in [-0.1, -0.05) is 128 Å². The smallest absolute Gasteiger partial charge is 0.322 e. The first kappa shape index (κ1) is 42.6. The summed E-state index contributed by atoms with van der Waals surface area (Å²) in [6, 6.07) is 0. The zero-order valence-electron chi connectivity index (χ0n) is 29.2. The minimum absolute atomic E-state index is 0.0807. The van der Waals surface area contributed by atoms with Gasteiger partial charge < -0.3 is 15.2 Å². The van der Waals surface area contributed by atoms with Crippen LogP contribution in [0.15, 0.2) is 36.5 Å². The normalized spacial score (nSPS) is 12.4. The highest BCUT2D eigenvalue weighted by molar-refractivity contribution is 5.80. The third-order valence-corrected chi connectivity index (χ3v) is 8.02. The second kappa shape index (κ2) is 34.5. The van der Waals surface area contributed by atoms with Crippen LogP contribution in [0, 0.1) is 0 Å². The van der Waals surface area contributed by atoms with Crippen LogP contribution in [0.4, 0.5) is 0 Å². The predicted octanol–water partition coefficient (Wildman–Crippen LogP) is 10.9. The summed E-state index contributed by atoms with van der Waals surface area (Å²) < 4.78 is 5.89. The molecule has 0 heterocycles. The molecule has 0 aliphatic heterocycles. The van der Waals surface area contributed by atoms with E-state index < -0.39 is 5.97 Å². The van der Waals surface area contributed by atoms with Crippen LogP contribution in [0.1, 0.15) is 181 Å². The number of ether oxygens (including phenoxy) is 1. The van der Waals surface area contributed by atoms with Crippen molar-refractivity contribution in [3.8, 4) is 0 Å². The lowest BCUT2D eigenvalue weighted by molar-refractivity contribution is -0.147. The molecule has 0 aromatic carbocycles. The van der Waals surface area contributed by atoms with Crippen LogP contribution < -0.4 is 5.32 Å². The number of unbranched alkanes of at least 4 members (excludes halogenated alkanes) is 18. The number of carboxylic acids is 1. The molecule has 0 radical (unpaired) electrons. The van der Waals surface area contributed by atoms with Crippen molar-refractivity contribution in [3.63, 3.8) is 0 Å². The van der Waals surface area contributed by atoms with Crippen molar-refractivity contribution in [3.05, 3.63) is 36.5 Å². The minimum Gasteiger partial charge on any atom is -0.480 e. The van der Waals surface area contributed by atoms with E-state index in [4.69, 9.17) is 9.84 Å². The summed E-state index contributed by atoms with van der Waals surface area (Å²) in [6.45, 7) is 4.17. The molecule has 0 rings (SSSR count). The monoisotopic (exact) mass is 632 g/mol. The van der Waals surface area contributed by atoms with Gasteiger partial charge >= 0.3 is 11.9 Å². The first-order valence-electron chi connectivity index (χ1n) is 18.6. The van der Waals surface area contributed by atoms with E-state index >= 15 is 0 Å². The van der Waals surface area contributed by atoms with Gasteiger partial charge in [0.2, 0.25) is 5.91 Å². The molecule has 0 aliphatic carbocycles. The standard InChI is InChI=1S/C39H69NO5/c1-3-5-7-9-11-13-14-15-16-17-18-20-26-30-34-39(44)45-36(31-27-23-19-12-10-8-6-4-2)32-28-24-21-22-25-29-33-37(41)40-35-38(42)43/h12,14-15,19,27,31,36H,3-11,13,16-18,20-26,28-30,32-35H2,1-2H3,(H,40,41)(H,42,43)/b15-14-,19-12-,31-27-. The van der Waals surface area contributed by atoms with Crippen molar-refractivity contribution in [2.24, 2.45) is 0 Å².